The predicted molar refractivity (Wildman–Crippen MR) is 80.2 cm³/mol. The van der Waals surface area contributed by atoms with Crippen LogP contribution in [-0.2, 0) is 0 Å². The summed E-state index contributed by atoms with van der Waals surface area (Å²) in [4.78, 5) is 24.6. The van der Waals surface area contributed by atoms with Crippen molar-refractivity contribution in [2.75, 3.05) is 7.05 Å². The molecule has 0 aromatic heterocycles. The number of nitrogens with one attached hydrogen (secondary N) is 1. The topological polar surface area (TPSA) is 52.6 Å². The van der Waals surface area contributed by atoms with E-state index < -0.39 is 0 Å². The zero-order valence-electron chi connectivity index (χ0n) is 11.9. The molecule has 5 nitrogen and oxygen atoms in total. The van der Waals surface area contributed by atoms with Crippen molar-refractivity contribution in [3.8, 4) is 0 Å². The van der Waals surface area contributed by atoms with Gasteiger partial charge in [0.15, 0.2) is 5.11 Å². The third-order valence-corrected chi connectivity index (χ3v) is 3.21. The lowest BCUT2D eigenvalue weighted by Crippen LogP contribution is -2.54. The number of thiocarbonyl (C=S) groups is 1. The van der Waals surface area contributed by atoms with Crippen LogP contribution in [0.25, 0.3) is 0 Å². The Labute approximate surface area is 123 Å². The number of imide groups is 1. The minimum atomic E-state index is -0.355. The number of hydrazine groups is 1. The Morgan fingerprint density at radius 1 is 1.15 bits per heavy atom. The molecule has 6 heteroatoms. The molecule has 1 heterocycles. The van der Waals surface area contributed by atoms with Crippen LogP contribution in [0.3, 0.4) is 0 Å². The summed E-state index contributed by atoms with van der Waals surface area (Å²) in [6.07, 6.45) is 0. The van der Waals surface area contributed by atoms with E-state index in [0.717, 1.165) is 5.01 Å². The van der Waals surface area contributed by atoms with E-state index in [4.69, 9.17) is 12.2 Å². The number of hydrogen-bond donors (Lipinski definition) is 1. The van der Waals surface area contributed by atoms with E-state index in [1.807, 2.05) is 20.8 Å². The molecule has 0 fully saturated rings. The molecule has 0 saturated heterocycles. The van der Waals surface area contributed by atoms with E-state index in [9.17, 15) is 9.59 Å². The lowest BCUT2D eigenvalue weighted by atomic mass is 10.1. The average molecular weight is 291 g/mol. The maximum Gasteiger partial charge on any atom is 0.280 e. The van der Waals surface area contributed by atoms with Gasteiger partial charge in [0.05, 0.1) is 11.1 Å². The number of nitrogens with zero attached hydrogens (tertiary/aromatic N) is 2. The van der Waals surface area contributed by atoms with Gasteiger partial charge in [0.25, 0.3) is 11.8 Å². The summed E-state index contributed by atoms with van der Waals surface area (Å²) in [5.41, 5.74) is 0.565. The van der Waals surface area contributed by atoms with Crippen LogP contribution < -0.4 is 5.32 Å². The maximum atomic E-state index is 12.3. The van der Waals surface area contributed by atoms with Gasteiger partial charge in [0.1, 0.15) is 0 Å². The zero-order valence-corrected chi connectivity index (χ0v) is 12.7. The maximum absolute atomic E-state index is 12.3. The molecule has 1 aliphatic rings. The molecule has 0 bridgehead atoms. The van der Waals surface area contributed by atoms with Crippen molar-refractivity contribution >= 4 is 29.1 Å². The summed E-state index contributed by atoms with van der Waals surface area (Å²) in [5.74, 6) is -0.711. The second-order valence-electron chi connectivity index (χ2n) is 5.67. The molecule has 20 heavy (non-hydrogen) atoms. The number of carbonyl (C=O) groups excluding carboxylic acids is 2. The first-order valence-electron chi connectivity index (χ1n) is 6.26. The van der Waals surface area contributed by atoms with Crippen LogP contribution in [0.1, 0.15) is 41.5 Å². The van der Waals surface area contributed by atoms with Crippen LogP contribution in [0.15, 0.2) is 24.3 Å². The molecular weight excluding hydrogens is 274 g/mol. The van der Waals surface area contributed by atoms with Gasteiger partial charge < -0.3 is 5.32 Å². The number of rotatable bonds is 1. The predicted octanol–water partition coefficient (Wildman–Crippen LogP) is 1.80. The molecule has 0 saturated carbocycles. The van der Waals surface area contributed by atoms with Crippen LogP contribution in [0.4, 0.5) is 0 Å². The van der Waals surface area contributed by atoms with Gasteiger partial charge in [-0.05, 0) is 45.1 Å². The Balaban J connectivity index is 2.25. The molecule has 1 aliphatic heterocycles. The summed E-state index contributed by atoms with van der Waals surface area (Å²) in [7, 11) is 1.60. The molecule has 0 radical (unpaired) electrons. The third-order valence-electron chi connectivity index (χ3n) is 2.85. The van der Waals surface area contributed by atoms with E-state index in [2.05, 4.69) is 5.32 Å². The highest BCUT2D eigenvalue weighted by molar-refractivity contribution is 7.80. The molecule has 2 amide bonds. The van der Waals surface area contributed by atoms with Gasteiger partial charge in [-0.3, -0.25) is 14.6 Å². The average Bonchev–Trinajstić information content (AvgIpc) is 2.60. The lowest BCUT2D eigenvalue weighted by molar-refractivity contribution is 0.0354. The largest absolute Gasteiger partial charge is 0.357 e. The molecular formula is C14H17N3O2S. The van der Waals surface area contributed by atoms with Gasteiger partial charge in [0, 0.05) is 12.6 Å². The summed E-state index contributed by atoms with van der Waals surface area (Å²) in [6, 6.07) is 6.76. The highest BCUT2D eigenvalue weighted by Crippen LogP contribution is 2.23. The molecule has 0 atom stereocenters. The van der Waals surface area contributed by atoms with E-state index in [-0.39, 0.29) is 17.4 Å². The first kappa shape index (κ1) is 14.5. The van der Waals surface area contributed by atoms with Crippen molar-refractivity contribution in [2.45, 2.75) is 26.3 Å². The summed E-state index contributed by atoms with van der Waals surface area (Å²) < 4.78 is 0. The molecule has 106 valence electrons. The Morgan fingerprint density at radius 3 is 2.00 bits per heavy atom. The fourth-order valence-electron chi connectivity index (χ4n) is 1.94. The number of hydrogen-bond acceptors (Lipinski definition) is 3. The van der Waals surface area contributed by atoms with Crippen molar-refractivity contribution < 1.29 is 9.59 Å². The number of amides is 2. The second kappa shape index (κ2) is 4.86. The van der Waals surface area contributed by atoms with Crippen LogP contribution in [-0.4, -0.2) is 39.5 Å². The lowest BCUT2D eigenvalue weighted by Gasteiger charge is -2.32. The Morgan fingerprint density at radius 2 is 1.60 bits per heavy atom. The van der Waals surface area contributed by atoms with Gasteiger partial charge in [-0.15, -0.1) is 0 Å². The van der Waals surface area contributed by atoms with Crippen LogP contribution in [0.5, 0.6) is 0 Å². The van der Waals surface area contributed by atoms with E-state index in [1.54, 1.807) is 31.3 Å². The zero-order chi connectivity index (χ0) is 15.1. The highest BCUT2D eigenvalue weighted by Gasteiger charge is 2.39. The molecule has 0 aliphatic carbocycles. The molecule has 0 unspecified atom stereocenters. The van der Waals surface area contributed by atoms with Crippen molar-refractivity contribution in [3.63, 3.8) is 0 Å². The van der Waals surface area contributed by atoms with Gasteiger partial charge in [-0.25, -0.2) is 0 Å². The standard InChI is InChI=1S/C14H17N3O2S/c1-14(2,3)15-13(20)16(4)17-11(18)9-7-5-6-8-10(9)12(17)19/h5-8H,1-4H3,(H,15,20). The van der Waals surface area contributed by atoms with Crippen molar-refractivity contribution in [2.24, 2.45) is 0 Å². The van der Waals surface area contributed by atoms with Crippen LogP contribution >= 0.6 is 12.2 Å². The summed E-state index contributed by atoms with van der Waals surface area (Å²) in [5, 5.41) is 5.84. The first-order chi connectivity index (χ1) is 9.22. The fraction of sp³-hybridized carbons (Fsp3) is 0.357. The van der Waals surface area contributed by atoms with Crippen molar-refractivity contribution in [1.82, 2.24) is 15.3 Å². The summed E-state index contributed by atoms with van der Waals surface area (Å²) in [6.45, 7) is 5.86. The van der Waals surface area contributed by atoms with Gasteiger partial charge in [-0.2, -0.15) is 5.01 Å². The minimum Gasteiger partial charge on any atom is -0.357 e. The Bertz CT molecular complexity index is 557. The van der Waals surface area contributed by atoms with E-state index in [1.165, 1.54) is 5.01 Å². The van der Waals surface area contributed by atoms with Gasteiger partial charge >= 0.3 is 0 Å². The fourth-order valence-corrected chi connectivity index (χ4v) is 2.33. The van der Waals surface area contributed by atoms with Crippen LogP contribution in [0.2, 0.25) is 0 Å². The molecule has 0 spiro atoms. The molecule has 1 N–H and O–H groups in total. The summed E-state index contributed by atoms with van der Waals surface area (Å²) >= 11 is 5.25. The third kappa shape index (κ3) is 2.51. The molecule has 2 rings (SSSR count). The number of carbonyl (C=O) groups is 2. The first-order valence-corrected chi connectivity index (χ1v) is 6.67. The van der Waals surface area contributed by atoms with Crippen LogP contribution in [0, 0.1) is 0 Å². The monoisotopic (exact) mass is 291 g/mol. The minimum absolute atomic E-state index is 0.246. The SMILES string of the molecule is CN(C(=S)NC(C)(C)C)N1C(=O)c2ccccc2C1=O. The van der Waals surface area contributed by atoms with Gasteiger partial charge in [-0.1, -0.05) is 12.1 Å². The number of benzene rings is 1. The van der Waals surface area contributed by atoms with Crippen molar-refractivity contribution in [1.29, 1.82) is 0 Å². The molecule has 1 aromatic rings. The smallest absolute Gasteiger partial charge is 0.280 e. The second-order valence-corrected chi connectivity index (χ2v) is 6.06. The van der Waals surface area contributed by atoms with Gasteiger partial charge in [0.2, 0.25) is 0 Å². The normalized spacial score (nSPS) is 14.3. The highest BCUT2D eigenvalue weighted by atomic mass is 32.1. The van der Waals surface area contributed by atoms with E-state index >= 15 is 0 Å². The quantitative estimate of drug-likeness (QED) is 0.631. The van der Waals surface area contributed by atoms with Crippen molar-refractivity contribution in [3.05, 3.63) is 35.4 Å². The Hall–Kier alpha value is -1.95. The van der Waals surface area contributed by atoms with E-state index in [0.29, 0.717) is 16.2 Å². The number of fused-ring (bicyclic) bond motifs is 1. The molecule has 1 aromatic carbocycles. The Kier molecular flexibility index (Phi) is 3.52.